The third kappa shape index (κ3) is 2.94. The number of benzene rings is 2. The first kappa shape index (κ1) is 17.2. The average molecular weight is 364 g/mol. The molecule has 27 heavy (non-hydrogen) atoms. The van der Waals surface area contributed by atoms with Gasteiger partial charge in [0.05, 0.1) is 35.9 Å². The van der Waals surface area contributed by atoms with E-state index >= 15 is 0 Å². The minimum Gasteiger partial charge on any atom is -0.497 e. The van der Waals surface area contributed by atoms with Crippen molar-refractivity contribution in [3.8, 4) is 17.5 Å². The van der Waals surface area contributed by atoms with Crippen molar-refractivity contribution in [2.75, 3.05) is 13.7 Å². The van der Waals surface area contributed by atoms with Crippen LogP contribution in [0.4, 0.5) is 4.39 Å². The Labute approximate surface area is 154 Å². The molecule has 7 heteroatoms. The number of methoxy groups -OCH3 is 1. The number of hydrogen-bond donors (Lipinski definition) is 1. The molecule has 1 unspecified atom stereocenters. The van der Waals surface area contributed by atoms with Crippen molar-refractivity contribution in [3.63, 3.8) is 0 Å². The summed E-state index contributed by atoms with van der Waals surface area (Å²) in [4.78, 5) is 17.8. The first-order chi connectivity index (χ1) is 13.1. The monoisotopic (exact) mass is 364 g/mol. The second-order valence-electron chi connectivity index (χ2n) is 6.42. The van der Waals surface area contributed by atoms with Gasteiger partial charge in [0.2, 0.25) is 0 Å². The molecule has 0 spiro atoms. The van der Waals surface area contributed by atoms with E-state index in [1.54, 1.807) is 31.4 Å². The highest BCUT2D eigenvalue weighted by atomic mass is 19.1. The zero-order valence-electron chi connectivity index (χ0n) is 14.7. The van der Waals surface area contributed by atoms with E-state index in [1.807, 2.05) is 6.07 Å². The first-order valence-electron chi connectivity index (χ1n) is 8.66. The summed E-state index contributed by atoms with van der Waals surface area (Å²) in [6, 6.07) is 11.3. The van der Waals surface area contributed by atoms with Gasteiger partial charge in [0.25, 0.3) is 5.56 Å². The molecule has 1 N–H and O–H groups in total. The minimum atomic E-state index is -0.665. The van der Waals surface area contributed by atoms with Crippen LogP contribution in [0.5, 0.6) is 5.75 Å². The molecule has 3 aromatic rings. The van der Waals surface area contributed by atoms with Gasteiger partial charge in [-0.15, -0.1) is 0 Å². The Morgan fingerprint density at radius 2 is 2.11 bits per heavy atom. The van der Waals surface area contributed by atoms with Crippen molar-refractivity contribution in [2.45, 2.75) is 18.9 Å². The van der Waals surface area contributed by atoms with Gasteiger partial charge < -0.3 is 10.1 Å². The molecule has 0 radical (unpaired) electrons. The Hall–Kier alpha value is -3.24. The predicted octanol–water partition coefficient (Wildman–Crippen LogP) is 2.83. The molecule has 0 saturated carbocycles. The van der Waals surface area contributed by atoms with Crippen molar-refractivity contribution in [1.82, 2.24) is 14.9 Å². The van der Waals surface area contributed by atoms with Gasteiger partial charge in [-0.25, -0.2) is 9.37 Å². The third-order valence-corrected chi connectivity index (χ3v) is 4.78. The van der Waals surface area contributed by atoms with Gasteiger partial charge in [-0.05, 0) is 55.8 Å². The van der Waals surface area contributed by atoms with Gasteiger partial charge in [0.15, 0.2) is 5.82 Å². The largest absolute Gasteiger partial charge is 0.497 e. The molecule has 0 amide bonds. The average Bonchev–Trinajstić information content (AvgIpc) is 3.23. The molecule has 0 aliphatic carbocycles. The standard InChI is InChI=1S/C20H17FN4O2/c1-27-14-6-4-13(5-7-14)25-19(17-3-2-8-23-17)24-18-15(20(25)26)9-12(11-22)10-16(18)21/h4-7,9-10,17,23H,2-3,8H2,1H3. The maximum absolute atomic E-state index is 14.5. The van der Waals surface area contributed by atoms with Crippen LogP contribution in [0, 0.1) is 17.1 Å². The maximum Gasteiger partial charge on any atom is 0.266 e. The van der Waals surface area contributed by atoms with E-state index in [-0.39, 0.29) is 22.5 Å². The van der Waals surface area contributed by atoms with Gasteiger partial charge >= 0.3 is 0 Å². The lowest BCUT2D eigenvalue weighted by molar-refractivity contribution is 0.414. The number of ether oxygens (including phenoxy) is 1. The molecule has 1 saturated heterocycles. The molecular formula is C20H17FN4O2. The highest BCUT2D eigenvalue weighted by Gasteiger charge is 2.25. The summed E-state index contributed by atoms with van der Waals surface area (Å²) in [6.45, 7) is 0.817. The Morgan fingerprint density at radius 1 is 1.33 bits per heavy atom. The topological polar surface area (TPSA) is 79.9 Å². The molecule has 6 nitrogen and oxygen atoms in total. The summed E-state index contributed by atoms with van der Waals surface area (Å²) in [7, 11) is 1.57. The van der Waals surface area contributed by atoms with Crippen LogP contribution in [0.2, 0.25) is 0 Å². The quantitative estimate of drug-likeness (QED) is 0.773. The van der Waals surface area contributed by atoms with Crippen molar-refractivity contribution in [1.29, 1.82) is 5.26 Å². The van der Waals surface area contributed by atoms with Crippen molar-refractivity contribution >= 4 is 10.9 Å². The molecular weight excluding hydrogens is 347 g/mol. The van der Waals surface area contributed by atoms with Crippen LogP contribution in [0.1, 0.15) is 30.3 Å². The molecule has 4 rings (SSSR count). The van der Waals surface area contributed by atoms with Gasteiger partial charge in [-0.3, -0.25) is 9.36 Å². The molecule has 1 atom stereocenters. The lowest BCUT2D eigenvalue weighted by Gasteiger charge is -2.18. The van der Waals surface area contributed by atoms with E-state index in [2.05, 4.69) is 10.3 Å². The van der Waals surface area contributed by atoms with Crippen molar-refractivity contribution in [2.24, 2.45) is 0 Å². The fourth-order valence-electron chi connectivity index (χ4n) is 3.45. The number of hydrogen-bond acceptors (Lipinski definition) is 5. The van der Waals surface area contributed by atoms with E-state index in [4.69, 9.17) is 10.00 Å². The summed E-state index contributed by atoms with van der Waals surface area (Å²) in [6.07, 6.45) is 1.77. The van der Waals surface area contributed by atoms with Crippen LogP contribution in [0.3, 0.4) is 0 Å². The normalized spacial score (nSPS) is 16.4. The molecule has 0 bridgehead atoms. The highest BCUT2D eigenvalue weighted by molar-refractivity contribution is 5.80. The smallest absolute Gasteiger partial charge is 0.266 e. The molecule has 1 aromatic heterocycles. The number of aromatic nitrogens is 2. The Balaban J connectivity index is 2.04. The van der Waals surface area contributed by atoms with E-state index in [9.17, 15) is 9.18 Å². The summed E-state index contributed by atoms with van der Waals surface area (Å²) >= 11 is 0. The summed E-state index contributed by atoms with van der Waals surface area (Å²) < 4.78 is 21.2. The minimum absolute atomic E-state index is 0.00698. The lowest BCUT2D eigenvalue weighted by atomic mass is 10.1. The molecule has 2 heterocycles. The molecule has 2 aromatic carbocycles. The Kier molecular flexibility index (Phi) is 4.34. The third-order valence-electron chi connectivity index (χ3n) is 4.78. The Morgan fingerprint density at radius 3 is 2.74 bits per heavy atom. The van der Waals surface area contributed by atoms with Crippen LogP contribution < -0.4 is 15.6 Å². The predicted molar refractivity (Wildman–Crippen MR) is 98.5 cm³/mol. The molecule has 1 aliphatic rings. The van der Waals surface area contributed by atoms with E-state index in [0.717, 1.165) is 25.5 Å². The fourth-order valence-corrected chi connectivity index (χ4v) is 3.45. The van der Waals surface area contributed by atoms with Gasteiger partial charge in [-0.2, -0.15) is 5.26 Å². The number of halogens is 1. The maximum atomic E-state index is 14.5. The first-order valence-corrected chi connectivity index (χ1v) is 8.66. The Bertz CT molecular complexity index is 1110. The van der Waals surface area contributed by atoms with Gasteiger partial charge in [-0.1, -0.05) is 0 Å². The van der Waals surface area contributed by atoms with Gasteiger partial charge in [0.1, 0.15) is 17.1 Å². The van der Waals surface area contributed by atoms with Gasteiger partial charge in [0, 0.05) is 0 Å². The van der Waals surface area contributed by atoms with Crippen LogP contribution >= 0.6 is 0 Å². The second kappa shape index (κ2) is 6.82. The van der Waals surface area contributed by atoms with E-state index in [1.165, 1.54) is 10.6 Å². The SMILES string of the molecule is COc1ccc(-n2c(C3CCCN3)nc3c(F)cc(C#N)cc3c2=O)cc1. The van der Waals surface area contributed by atoms with Crippen LogP contribution in [-0.4, -0.2) is 23.2 Å². The van der Waals surface area contributed by atoms with Crippen molar-refractivity contribution in [3.05, 3.63) is 64.0 Å². The summed E-state index contributed by atoms with van der Waals surface area (Å²) in [5.41, 5.74) is 0.297. The van der Waals surface area contributed by atoms with E-state index < -0.39 is 11.4 Å². The number of rotatable bonds is 3. The summed E-state index contributed by atoms with van der Waals surface area (Å²) in [5, 5.41) is 12.5. The highest BCUT2D eigenvalue weighted by Crippen LogP contribution is 2.26. The van der Waals surface area contributed by atoms with E-state index in [0.29, 0.717) is 17.3 Å². The van der Waals surface area contributed by atoms with Crippen LogP contribution in [0.15, 0.2) is 41.2 Å². The zero-order chi connectivity index (χ0) is 19.0. The number of fused-ring (bicyclic) bond motifs is 1. The van der Waals surface area contributed by atoms with Crippen LogP contribution in [0.25, 0.3) is 16.6 Å². The lowest BCUT2D eigenvalue weighted by Crippen LogP contribution is -2.29. The number of nitrogens with one attached hydrogen (secondary N) is 1. The number of nitriles is 1. The second-order valence-corrected chi connectivity index (χ2v) is 6.42. The molecule has 136 valence electrons. The van der Waals surface area contributed by atoms with Crippen LogP contribution in [-0.2, 0) is 0 Å². The molecule has 1 aliphatic heterocycles. The fraction of sp³-hybridized carbons (Fsp3) is 0.250. The summed E-state index contributed by atoms with van der Waals surface area (Å²) in [5.74, 6) is 0.472. The number of nitrogens with zero attached hydrogens (tertiary/aromatic N) is 3. The molecule has 1 fully saturated rings. The van der Waals surface area contributed by atoms with Crippen molar-refractivity contribution < 1.29 is 9.13 Å². The zero-order valence-corrected chi connectivity index (χ0v) is 14.7.